The van der Waals surface area contributed by atoms with E-state index in [1.807, 2.05) is 39.0 Å². The van der Waals surface area contributed by atoms with Gasteiger partial charge >= 0.3 is 0 Å². The molecule has 0 aromatic heterocycles. The second-order valence-electron chi connectivity index (χ2n) is 5.29. The van der Waals surface area contributed by atoms with Gasteiger partial charge in [-0.15, -0.1) is 0 Å². The van der Waals surface area contributed by atoms with Crippen LogP contribution in [0, 0.1) is 17.2 Å². The first kappa shape index (κ1) is 16.2. The van der Waals surface area contributed by atoms with Crippen molar-refractivity contribution in [2.75, 3.05) is 6.54 Å². The number of carbonyl (C=O) groups is 1. The Bertz CT molecular complexity index is 491. The number of nitrogens with zero attached hydrogens (tertiary/aromatic N) is 2. The van der Waals surface area contributed by atoms with Crippen LogP contribution in [0.1, 0.15) is 38.3 Å². The molecular formula is C16H23N3O. The van der Waals surface area contributed by atoms with Gasteiger partial charge < -0.3 is 10.6 Å². The summed E-state index contributed by atoms with van der Waals surface area (Å²) in [7, 11) is 0. The fraction of sp³-hybridized carbons (Fsp3) is 0.500. The summed E-state index contributed by atoms with van der Waals surface area (Å²) in [6.07, 6.45) is 0.347. The van der Waals surface area contributed by atoms with Crippen LogP contribution in [0.25, 0.3) is 0 Å². The zero-order valence-electron chi connectivity index (χ0n) is 12.5. The molecule has 0 saturated carbocycles. The normalized spacial score (nSPS) is 12.0. The average molecular weight is 273 g/mol. The molecule has 1 aromatic carbocycles. The molecule has 2 N–H and O–H groups in total. The maximum absolute atomic E-state index is 12.3. The minimum atomic E-state index is -0.122. The largest absolute Gasteiger partial charge is 0.339 e. The molecule has 20 heavy (non-hydrogen) atoms. The van der Waals surface area contributed by atoms with E-state index in [4.69, 9.17) is 11.0 Å². The summed E-state index contributed by atoms with van der Waals surface area (Å²) in [5.41, 5.74) is 7.46. The SMILES string of the molecule is CCN(Cc1ccccc1C#N)C(=O)CC(N)C(C)C. The summed E-state index contributed by atoms with van der Waals surface area (Å²) in [6, 6.07) is 9.41. The van der Waals surface area contributed by atoms with Crippen molar-refractivity contribution in [1.29, 1.82) is 5.26 Å². The first-order chi connectivity index (χ1) is 9.49. The highest BCUT2D eigenvalue weighted by Crippen LogP contribution is 2.13. The Balaban J connectivity index is 2.77. The molecule has 0 bridgehead atoms. The first-order valence-electron chi connectivity index (χ1n) is 7.00. The molecule has 0 aliphatic rings. The predicted octanol–water partition coefficient (Wildman–Crippen LogP) is 2.28. The predicted molar refractivity (Wildman–Crippen MR) is 79.7 cm³/mol. The molecule has 0 fully saturated rings. The summed E-state index contributed by atoms with van der Waals surface area (Å²) in [6.45, 7) is 7.04. The van der Waals surface area contributed by atoms with E-state index < -0.39 is 0 Å². The van der Waals surface area contributed by atoms with Gasteiger partial charge in [-0.2, -0.15) is 5.26 Å². The van der Waals surface area contributed by atoms with Crippen LogP contribution in [-0.4, -0.2) is 23.4 Å². The van der Waals surface area contributed by atoms with Crippen LogP contribution in [0.5, 0.6) is 0 Å². The summed E-state index contributed by atoms with van der Waals surface area (Å²) in [5.74, 6) is 0.325. The van der Waals surface area contributed by atoms with Crippen LogP contribution < -0.4 is 5.73 Å². The van der Waals surface area contributed by atoms with Gasteiger partial charge in [0.1, 0.15) is 0 Å². The zero-order valence-corrected chi connectivity index (χ0v) is 12.5. The molecule has 1 aromatic rings. The van der Waals surface area contributed by atoms with Gasteiger partial charge in [0.05, 0.1) is 11.6 Å². The number of benzene rings is 1. The molecule has 1 amide bonds. The van der Waals surface area contributed by atoms with Gasteiger partial charge in [0.25, 0.3) is 0 Å². The Morgan fingerprint density at radius 3 is 2.60 bits per heavy atom. The van der Waals surface area contributed by atoms with Crippen LogP contribution >= 0.6 is 0 Å². The van der Waals surface area contributed by atoms with Crippen LogP contribution in [-0.2, 0) is 11.3 Å². The van der Waals surface area contributed by atoms with Gasteiger partial charge in [-0.25, -0.2) is 0 Å². The number of nitrogens with two attached hydrogens (primary N) is 1. The number of hydrogen-bond acceptors (Lipinski definition) is 3. The molecular weight excluding hydrogens is 250 g/mol. The zero-order chi connectivity index (χ0) is 15.1. The minimum absolute atomic E-state index is 0.0430. The Morgan fingerprint density at radius 2 is 2.05 bits per heavy atom. The van der Waals surface area contributed by atoms with E-state index in [-0.39, 0.29) is 17.9 Å². The lowest BCUT2D eigenvalue weighted by atomic mass is 10.0. The monoisotopic (exact) mass is 273 g/mol. The maximum atomic E-state index is 12.3. The third-order valence-corrected chi connectivity index (χ3v) is 3.50. The highest BCUT2D eigenvalue weighted by molar-refractivity contribution is 5.76. The molecule has 4 heteroatoms. The Hall–Kier alpha value is -1.86. The van der Waals surface area contributed by atoms with Crippen molar-refractivity contribution in [3.63, 3.8) is 0 Å². The van der Waals surface area contributed by atoms with Gasteiger partial charge in [0.15, 0.2) is 0 Å². The molecule has 0 heterocycles. The molecule has 0 aliphatic carbocycles. The van der Waals surface area contributed by atoms with Gasteiger partial charge in [0.2, 0.25) is 5.91 Å². The molecule has 1 rings (SSSR count). The number of hydrogen-bond donors (Lipinski definition) is 1. The number of nitriles is 1. The van der Waals surface area contributed by atoms with Crippen LogP contribution in [0.3, 0.4) is 0 Å². The highest BCUT2D eigenvalue weighted by atomic mass is 16.2. The fourth-order valence-electron chi connectivity index (χ4n) is 1.92. The van der Waals surface area contributed by atoms with Crippen molar-refractivity contribution in [3.8, 4) is 6.07 Å². The van der Waals surface area contributed by atoms with Crippen molar-refractivity contribution in [1.82, 2.24) is 4.90 Å². The minimum Gasteiger partial charge on any atom is -0.339 e. The summed E-state index contributed by atoms with van der Waals surface area (Å²) in [4.78, 5) is 14.0. The van der Waals surface area contributed by atoms with Crippen molar-refractivity contribution in [3.05, 3.63) is 35.4 Å². The lowest BCUT2D eigenvalue weighted by Gasteiger charge is -2.24. The molecule has 0 saturated heterocycles. The van der Waals surface area contributed by atoms with E-state index in [1.54, 1.807) is 11.0 Å². The van der Waals surface area contributed by atoms with E-state index in [1.165, 1.54) is 0 Å². The Kier molecular flexibility index (Phi) is 6.20. The lowest BCUT2D eigenvalue weighted by molar-refractivity contribution is -0.132. The number of carbonyl (C=O) groups excluding carboxylic acids is 1. The van der Waals surface area contributed by atoms with E-state index in [2.05, 4.69) is 6.07 Å². The fourth-order valence-corrected chi connectivity index (χ4v) is 1.92. The summed E-state index contributed by atoms with van der Waals surface area (Å²) >= 11 is 0. The molecule has 108 valence electrons. The Labute approximate surface area is 121 Å². The van der Waals surface area contributed by atoms with Crippen LogP contribution in [0.4, 0.5) is 0 Å². The Morgan fingerprint density at radius 1 is 1.40 bits per heavy atom. The van der Waals surface area contributed by atoms with Crippen molar-refractivity contribution in [2.24, 2.45) is 11.7 Å². The topological polar surface area (TPSA) is 70.1 Å². The van der Waals surface area contributed by atoms with Crippen LogP contribution in [0.15, 0.2) is 24.3 Å². The quantitative estimate of drug-likeness (QED) is 0.864. The lowest BCUT2D eigenvalue weighted by Crippen LogP contribution is -2.37. The number of rotatable bonds is 6. The maximum Gasteiger partial charge on any atom is 0.224 e. The molecule has 0 aliphatic heterocycles. The van der Waals surface area contributed by atoms with Gasteiger partial charge in [-0.05, 0) is 24.5 Å². The van der Waals surface area contributed by atoms with Crippen molar-refractivity contribution in [2.45, 2.75) is 39.8 Å². The summed E-state index contributed by atoms with van der Waals surface area (Å²) in [5, 5.41) is 9.09. The van der Waals surface area contributed by atoms with Gasteiger partial charge in [-0.1, -0.05) is 32.0 Å². The van der Waals surface area contributed by atoms with Crippen molar-refractivity contribution < 1.29 is 4.79 Å². The van der Waals surface area contributed by atoms with Crippen molar-refractivity contribution >= 4 is 5.91 Å². The second-order valence-corrected chi connectivity index (χ2v) is 5.29. The second kappa shape index (κ2) is 7.66. The van der Waals surface area contributed by atoms with E-state index in [0.29, 0.717) is 25.1 Å². The first-order valence-corrected chi connectivity index (χ1v) is 7.00. The number of amides is 1. The molecule has 1 unspecified atom stereocenters. The molecule has 0 spiro atoms. The third-order valence-electron chi connectivity index (χ3n) is 3.50. The van der Waals surface area contributed by atoms with E-state index >= 15 is 0 Å². The summed E-state index contributed by atoms with van der Waals surface area (Å²) < 4.78 is 0. The average Bonchev–Trinajstić information content (AvgIpc) is 2.44. The molecule has 4 nitrogen and oxygen atoms in total. The van der Waals surface area contributed by atoms with E-state index in [9.17, 15) is 4.79 Å². The molecule has 1 atom stereocenters. The molecule has 0 radical (unpaired) electrons. The third kappa shape index (κ3) is 4.36. The van der Waals surface area contributed by atoms with Gasteiger partial charge in [0, 0.05) is 25.6 Å². The van der Waals surface area contributed by atoms with Crippen LogP contribution in [0.2, 0.25) is 0 Å². The highest BCUT2D eigenvalue weighted by Gasteiger charge is 2.18. The standard InChI is InChI=1S/C16H23N3O/c1-4-19(16(20)9-15(18)12(2)3)11-14-8-6-5-7-13(14)10-17/h5-8,12,15H,4,9,11,18H2,1-3H3. The smallest absolute Gasteiger partial charge is 0.224 e. The van der Waals surface area contributed by atoms with E-state index in [0.717, 1.165) is 5.56 Å². The van der Waals surface area contributed by atoms with Gasteiger partial charge in [-0.3, -0.25) is 4.79 Å².